The summed E-state index contributed by atoms with van der Waals surface area (Å²) in [6, 6.07) is 14.7. The Morgan fingerprint density at radius 1 is 1.04 bits per heavy atom. The van der Waals surface area contributed by atoms with Gasteiger partial charge < -0.3 is 19.4 Å². The number of ether oxygens (including phenoxy) is 2. The van der Waals surface area contributed by atoms with Gasteiger partial charge in [0.1, 0.15) is 5.82 Å². The fourth-order valence-electron chi connectivity index (χ4n) is 3.64. The summed E-state index contributed by atoms with van der Waals surface area (Å²) in [7, 11) is 0. The summed E-state index contributed by atoms with van der Waals surface area (Å²) in [5.74, 6) is 1.25. The number of hydrogen-bond acceptors (Lipinski definition) is 3. The van der Waals surface area contributed by atoms with Gasteiger partial charge in [-0.2, -0.15) is 0 Å². The maximum atomic E-state index is 14.5. The molecule has 2 heterocycles. The lowest BCUT2D eigenvalue weighted by atomic mass is 10.0. The zero-order chi connectivity index (χ0) is 18.8. The van der Waals surface area contributed by atoms with Gasteiger partial charge in [0.25, 0.3) is 0 Å². The molecule has 0 aliphatic carbocycles. The highest BCUT2D eigenvalue weighted by Gasteiger charge is 2.26. The van der Waals surface area contributed by atoms with E-state index >= 15 is 0 Å². The lowest BCUT2D eigenvalue weighted by Crippen LogP contribution is -2.22. The van der Waals surface area contributed by atoms with Crippen molar-refractivity contribution >= 4 is 0 Å². The van der Waals surface area contributed by atoms with Crippen LogP contribution in [-0.2, 0) is 6.54 Å². The van der Waals surface area contributed by atoms with Crippen molar-refractivity contribution in [2.45, 2.75) is 26.4 Å². The Hall–Kier alpha value is -2.79. The van der Waals surface area contributed by atoms with Gasteiger partial charge in [-0.25, -0.2) is 4.39 Å². The summed E-state index contributed by atoms with van der Waals surface area (Å²) in [6.07, 6.45) is 2.01. The predicted octanol–water partition coefficient (Wildman–Crippen LogP) is 4.61. The quantitative estimate of drug-likeness (QED) is 0.716. The standard InChI is InChI=1S/C22H23FN2O2/c1-3-26-20-12-15-14-24-22(16-8-5-6-9-17(16)23)18-10-7-11-25(18)19(15)13-21(20)27-4-2/h5-13,22,24H,3-4,14H2,1-2H3/t22-/m1/s1. The molecule has 0 spiro atoms. The van der Waals surface area contributed by atoms with Crippen LogP contribution in [0.2, 0.25) is 0 Å². The smallest absolute Gasteiger partial charge is 0.163 e. The van der Waals surface area contributed by atoms with E-state index in [0.29, 0.717) is 25.3 Å². The van der Waals surface area contributed by atoms with Gasteiger partial charge in [-0.05, 0) is 43.7 Å². The molecule has 0 saturated carbocycles. The van der Waals surface area contributed by atoms with Crippen LogP contribution in [0, 0.1) is 5.82 Å². The minimum Gasteiger partial charge on any atom is -0.490 e. The van der Waals surface area contributed by atoms with Crippen LogP contribution in [0.1, 0.15) is 36.7 Å². The second kappa shape index (κ2) is 7.45. The molecular weight excluding hydrogens is 343 g/mol. The Balaban J connectivity index is 1.84. The molecule has 1 aromatic heterocycles. The molecule has 0 radical (unpaired) electrons. The van der Waals surface area contributed by atoms with E-state index in [1.165, 1.54) is 6.07 Å². The van der Waals surface area contributed by atoms with Crippen LogP contribution in [0.15, 0.2) is 54.7 Å². The first-order chi connectivity index (χ1) is 13.2. The largest absolute Gasteiger partial charge is 0.490 e. The van der Waals surface area contributed by atoms with Gasteiger partial charge in [-0.1, -0.05) is 18.2 Å². The van der Waals surface area contributed by atoms with Crippen molar-refractivity contribution < 1.29 is 13.9 Å². The third kappa shape index (κ3) is 3.19. The highest BCUT2D eigenvalue weighted by molar-refractivity contribution is 5.56. The average molecular weight is 366 g/mol. The van der Waals surface area contributed by atoms with Crippen LogP contribution in [0.25, 0.3) is 5.69 Å². The molecule has 1 aliphatic heterocycles. The minimum atomic E-state index is -0.236. The predicted molar refractivity (Wildman–Crippen MR) is 103 cm³/mol. The summed E-state index contributed by atoms with van der Waals surface area (Å²) < 4.78 is 28.2. The fraction of sp³-hybridized carbons (Fsp3) is 0.273. The van der Waals surface area contributed by atoms with Crippen LogP contribution >= 0.6 is 0 Å². The molecule has 0 amide bonds. The maximum absolute atomic E-state index is 14.5. The molecule has 4 rings (SSSR count). The van der Waals surface area contributed by atoms with E-state index < -0.39 is 0 Å². The molecular formula is C22H23FN2O2. The maximum Gasteiger partial charge on any atom is 0.163 e. The number of rotatable bonds is 5. The topological polar surface area (TPSA) is 35.4 Å². The molecule has 2 aromatic carbocycles. The third-order valence-corrected chi connectivity index (χ3v) is 4.79. The average Bonchev–Trinajstić information content (AvgIpc) is 3.09. The molecule has 0 bridgehead atoms. The van der Waals surface area contributed by atoms with Crippen LogP contribution in [-0.4, -0.2) is 17.8 Å². The van der Waals surface area contributed by atoms with E-state index in [-0.39, 0.29) is 11.9 Å². The number of aromatic nitrogens is 1. The highest BCUT2D eigenvalue weighted by Crippen LogP contribution is 2.37. The van der Waals surface area contributed by atoms with Gasteiger partial charge in [0.05, 0.1) is 24.9 Å². The Morgan fingerprint density at radius 3 is 2.52 bits per heavy atom. The van der Waals surface area contributed by atoms with Crippen molar-refractivity contribution in [3.05, 3.63) is 77.4 Å². The zero-order valence-corrected chi connectivity index (χ0v) is 15.5. The molecule has 1 aliphatic rings. The number of hydrogen-bond donors (Lipinski definition) is 1. The second-order valence-corrected chi connectivity index (χ2v) is 6.43. The van der Waals surface area contributed by atoms with E-state index in [1.54, 1.807) is 6.07 Å². The zero-order valence-electron chi connectivity index (χ0n) is 15.5. The van der Waals surface area contributed by atoms with Gasteiger partial charge in [-0.15, -0.1) is 0 Å². The molecule has 140 valence electrons. The lowest BCUT2D eigenvalue weighted by Gasteiger charge is -2.18. The number of nitrogens with one attached hydrogen (secondary N) is 1. The lowest BCUT2D eigenvalue weighted by molar-refractivity contribution is 0.287. The van der Waals surface area contributed by atoms with Gasteiger partial charge in [0.15, 0.2) is 11.5 Å². The number of nitrogens with zero attached hydrogens (tertiary/aromatic N) is 1. The third-order valence-electron chi connectivity index (χ3n) is 4.79. The second-order valence-electron chi connectivity index (χ2n) is 6.43. The van der Waals surface area contributed by atoms with E-state index in [4.69, 9.17) is 9.47 Å². The van der Waals surface area contributed by atoms with Crippen LogP contribution in [0.5, 0.6) is 11.5 Å². The van der Waals surface area contributed by atoms with Crippen LogP contribution in [0.3, 0.4) is 0 Å². The molecule has 4 nitrogen and oxygen atoms in total. The number of fused-ring (bicyclic) bond motifs is 3. The summed E-state index contributed by atoms with van der Waals surface area (Å²) in [5, 5.41) is 3.50. The molecule has 3 aromatic rings. The summed E-state index contributed by atoms with van der Waals surface area (Å²) in [4.78, 5) is 0. The summed E-state index contributed by atoms with van der Waals surface area (Å²) in [6.45, 7) is 5.64. The molecule has 1 atom stereocenters. The Morgan fingerprint density at radius 2 is 1.78 bits per heavy atom. The SMILES string of the molecule is CCOc1cc2c(cc1OCC)-n1cccc1[C@@H](c1ccccc1F)NC2. The molecule has 0 unspecified atom stereocenters. The van der Waals surface area contributed by atoms with E-state index in [9.17, 15) is 4.39 Å². The molecule has 0 saturated heterocycles. The molecule has 27 heavy (non-hydrogen) atoms. The van der Waals surface area contributed by atoms with E-state index in [2.05, 4.69) is 9.88 Å². The normalized spacial score (nSPS) is 15.6. The van der Waals surface area contributed by atoms with Crippen molar-refractivity contribution in [1.29, 1.82) is 0 Å². The fourth-order valence-corrected chi connectivity index (χ4v) is 3.64. The number of benzene rings is 2. The highest BCUT2D eigenvalue weighted by atomic mass is 19.1. The van der Waals surface area contributed by atoms with Gasteiger partial charge in [0.2, 0.25) is 0 Å². The number of halogens is 1. The first-order valence-corrected chi connectivity index (χ1v) is 9.30. The van der Waals surface area contributed by atoms with Crippen molar-refractivity contribution in [2.75, 3.05) is 13.2 Å². The monoisotopic (exact) mass is 366 g/mol. The Bertz CT molecular complexity index is 951. The van der Waals surface area contributed by atoms with Crippen LogP contribution in [0.4, 0.5) is 4.39 Å². The minimum absolute atomic E-state index is 0.210. The Labute approximate surface area is 158 Å². The Kier molecular flexibility index (Phi) is 4.86. The van der Waals surface area contributed by atoms with Crippen LogP contribution < -0.4 is 14.8 Å². The molecule has 0 fully saturated rings. The van der Waals surface area contributed by atoms with Crippen molar-refractivity contribution in [2.24, 2.45) is 0 Å². The van der Waals surface area contributed by atoms with Crippen molar-refractivity contribution in [1.82, 2.24) is 9.88 Å². The van der Waals surface area contributed by atoms with E-state index in [0.717, 1.165) is 28.4 Å². The van der Waals surface area contributed by atoms with Gasteiger partial charge >= 0.3 is 0 Å². The summed E-state index contributed by atoms with van der Waals surface area (Å²) >= 11 is 0. The van der Waals surface area contributed by atoms with E-state index in [1.807, 2.05) is 56.4 Å². The van der Waals surface area contributed by atoms with Crippen molar-refractivity contribution in [3.8, 4) is 17.2 Å². The first-order valence-electron chi connectivity index (χ1n) is 9.30. The first kappa shape index (κ1) is 17.6. The van der Waals surface area contributed by atoms with Crippen molar-refractivity contribution in [3.63, 3.8) is 0 Å². The molecule has 1 N–H and O–H groups in total. The summed E-state index contributed by atoms with van der Waals surface area (Å²) in [5.41, 5.74) is 3.73. The van der Waals surface area contributed by atoms with Gasteiger partial charge in [0, 0.05) is 30.1 Å². The van der Waals surface area contributed by atoms with Gasteiger partial charge in [-0.3, -0.25) is 0 Å². The molecule has 5 heteroatoms.